The molecule has 0 radical (unpaired) electrons. The number of aliphatic carboxylic acids is 1. The van der Waals surface area contributed by atoms with Crippen LogP contribution in [0.15, 0.2) is 77.4 Å². The topological polar surface area (TPSA) is 91.4 Å². The lowest BCUT2D eigenvalue weighted by Crippen LogP contribution is -2.26. The number of H-pyrrole nitrogens is 1. The van der Waals surface area contributed by atoms with E-state index < -0.39 is 5.97 Å². The highest BCUT2D eigenvalue weighted by molar-refractivity contribution is 9.10. The maximum absolute atomic E-state index is 12.5. The number of carbonyl (C=O) groups excluding carboxylic acids is 1. The second-order valence-corrected chi connectivity index (χ2v) is 10.3. The molecule has 0 aliphatic carbocycles. The fourth-order valence-electron chi connectivity index (χ4n) is 5.05. The maximum atomic E-state index is 12.5. The van der Waals surface area contributed by atoms with Crippen LogP contribution in [0.3, 0.4) is 0 Å². The molecule has 3 N–H and O–H groups in total. The highest BCUT2D eigenvalue weighted by Gasteiger charge is 2.29. The first-order valence-corrected chi connectivity index (χ1v) is 13.7. The summed E-state index contributed by atoms with van der Waals surface area (Å²) in [5, 5.41) is 12.7. The Bertz CT molecular complexity index is 1380. The molecule has 1 aromatic heterocycles. The number of carbonyl (C=O) groups is 2. The van der Waals surface area contributed by atoms with Gasteiger partial charge in [-0.1, -0.05) is 56.2 Å². The Morgan fingerprint density at radius 1 is 1.03 bits per heavy atom. The zero-order valence-corrected chi connectivity index (χ0v) is 23.3. The summed E-state index contributed by atoms with van der Waals surface area (Å²) in [5.74, 6) is -0.141. The lowest BCUT2D eigenvalue weighted by atomic mass is 9.74. The number of carboxylic acids is 1. The van der Waals surface area contributed by atoms with Gasteiger partial charge in [0.2, 0.25) is 0 Å². The van der Waals surface area contributed by atoms with Crippen LogP contribution in [0.4, 0.5) is 0 Å². The lowest BCUT2D eigenvalue weighted by Gasteiger charge is -2.29. The number of methoxy groups -OCH3 is 1. The number of hydrogen-bond donors (Lipinski definition) is 3. The van der Waals surface area contributed by atoms with Gasteiger partial charge in [0.1, 0.15) is 5.75 Å². The van der Waals surface area contributed by atoms with E-state index in [9.17, 15) is 9.59 Å². The molecule has 4 rings (SSSR count). The summed E-state index contributed by atoms with van der Waals surface area (Å²) in [6, 6.07) is 22.3. The molecule has 2 atom stereocenters. The van der Waals surface area contributed by atoms with Crippen molar-refractivity contribution in [1.82, 2.24) is 10.3 Å². The summed E-state index contributed by atoms with van der Waals surface area (Å²) in [6.45, 7) is 2.30. The van der Waals surface area contributed by atoms with Crippen LogP contribution in [0.5, 0.6) is 5.75 Å². The molecule has 1 heterocycles. The minimum Gasteiger partial charge on any atom is -0.497 e. The van der Waals surface area contributed by atoms with E-state index in [4.69, 9.17) is 9.84 Å². The van der Waals surface area contributed by atoms with Crippen LogP contribution in [0.25, 0.3) is 10.9 Å². The molecule has 0 fully saturated rings. The number of rotatable bonds is 12. The SMILES string of the molecule is CCCCC(c1ccc(C(=O)NCCC(=O)O)cc1)C(c1ccc(OC)cc1)c1c[nH]c2c(Br)cccc12. The summed E-state index contributed by atoms with van der Waals surface area (Å²) < 4.78 is 6.46. The Balaban J connectivity index is 1.75. The number of benzene rings is 3. The smallest absolute Gasteiger partial charge is 0.305 e. The minimum absolute atomic E-state index is 0.0748. The van der Waals surface area contributed by atoms with E-state index in [-0.39, 0.29) is 30.7 Å². The molecule has 0 saturated heterocycles. The van der Waals surface area contributed by atoms with Crippen LogP contribution in [-0.4, -0.2) is 35.6 Å². The van der Waals surface area contributed by atoms with Crippen molar-refractivity contribution in [2.75, 3.05) is 13.7 Å². The number of carboxylic acid groups (broad SMARTS) is 1. The van der Waals surface area contributed by atoms with Gasteiger partial charge in [0.05, 0.1) is 19.0 Å². The molecule has 198 valence electrons. The van der Waals surface area contributed by atoms with Crippen LogP contribution in [0.1, 0.15) is 71.5 Å². The van der Waals surface area contributed by atoms with Gasteiger partial charge in [-0.15, -0.1) is 0 Å². The largest absolute Gasteiger partial charge is 0.497 e. The van der Waals surface area contributed by atoms with Gasteiger partial charge in [-0.05, 0) is 75.3 Å². The Kier molecular flexibility index (Phi) is 9.24. The van der Waals surface area contributed by atoms with E-state index >= 15 is 0 Å². The highest BCUT2D eigenvalue weighted by atomic mass is 79.9. The first-order valence-electron chi connectivity index (χ1n) is 12.9. The number of nitrogens with one attached hydrogen (secondary N) is 2. The molecule has 0 bridgehead atoms. The zero-order chi connectivity index (χ0) is 27.1. The number of fused-ring (bicyclic) bond motifs is 1. The molecule has 0 aliphatic heterocycles. The summed E-state index contributed by atoms with van der Waals surface area (Å²) >= 11 is 3.69. The van der Waals surface area contributed by atoms with Crippen molar-refractivity contribution in [3.8, 4) is 5.75 Å². The molecule has 1 amide bonds. The number of hydrogen-bond acceptors (Lipinski definition) is 3. The van der Waals surface area contributed by atoms with Crippen LogP contribution in [0.2, 0.25) is 0 Å². The number of para-hydroxylation sites is 1. The second kappa shape index (κ2) is 12.8. The Morgan fingerprint density at radius 3 is 2.39 bits per heavy atom. The van der Waals surface area contributed by atoms with Crippen molar-refractivity contribution < 1.29 is 19.4 Å². The quantitative estimate of drug-likeness (QED) is 0.165. The molecule has 2 unspecified atom stereocenters. The van der Waals surface area contributed by atoms with E-state index in [1.165, 1.54) is 16.5 Å². The van der Waals surface area contributed by atoms with Crippen molar-refractivity contribution in [3.63, 3.8) is 0 Å². The van der Waals surface area contributed by atoms with Crippen LogP contribution < -0.4 is 10.1 Å². The van der Waals surface area contributed by atoms with Crippen LogP contribution in [0, 0.1) is 0 Å². The third kappa shape index (κ3) is 6.27. The van der Waals surface area contributed by atoms with Gasteiger partial charge < -0.3 is 20.1 Å². The van der Waals surface area contributed by atoms with E-state index in [0.29, 0.717) is 5.56 Å². The van der Waals surface area contributed by atoms with Crippen molar-refractivity contribution >= 4 is 38.7 Å². The monoisotopic (exact) mass is 576 g/mol. The van der Waals surface area contributed by atoms with Crippen molar-refractivity contribution in [3.05, 3.63) is 99.7 Å². The predicted octanol–water partition coefficient (Wildman–Crippen LogP) is 7.25. The number of unbranched alkanes of at least 4 members (excludes halogenated alkanes) is 1. The third-order valence-electron chi connectivity index (χ3n) is 7.00. The average Bonchev–Trinajstić information content (AvgIpc) is 3.36. The first-order chi connectivity index (χ1) is 18.4. The normalized spacial score (nSPS) is 12.7. The zero-order valence-electron chi connectivity index (χ0n) is 21.7. The Hall–Kier alpha value is -3.58. The molecule has 38 heavy (non-hydrogen) atoms. The molecule has 0 spiro atoms. The van der Waals surface area contributed by atoms with Gasteiger partial charge in [-0.2, -0.15) is 0 Å². The van der Waals surface area contributed by atoms with Crippen molar-refractivity contribution in [1.29, 1.82) is 0 Å². The summed E-state index contributed by atoms with van der Waals surface area (Å²) in [4.78, 5) is 26.8. The van der Waals surface area contributed by atoms with Gasteiger partial charge in [0, 0.05) is 34.1 Å². The van der Waals surface area contributed by atoms with E-state index in [1.807, 2.05) is 42.5 Å². The third-order valence-corrected chi connectivity index (χ3v) is 7.66. The lowest BCUT2D eigenvalue weighted by molar-refractivity contribution is -0.136. The van der Waals surface area contributed by atoms with Gasteiger partial charge in [0.25, 0.3) is 5.91 Å². The molecule has 4 aromatic rings. The highest BCUT2D eigenvalue weighted by Crippen LogP contribution is 2.45. The van der Waals surface area contributed by atoms with E-state index in [2.05, 4.69) is 63.6 Å². The molecule has 3 aromatic carbocycles. The number of halogens is 1. The van der Waals surface area contributed by atoms with Crippen LogP contribution >= 0.6 is 15.9 Å². The number of aromatic nitrogens is 1. The van der Waals surface area contributed by atoms with Gasteiger partial charge in [-0.3, -0.25) is 9.59 Å². The molecule has 7 heteroatoms. The fourth-order valence-corrected chi connectivity index (χ4v) is 5.53. The summed E-state index contributed by atoms with van der Waals surface area (Å²) in [5.41, 5.74) is 5.17. The van der Waals surface area contributed by atoms with Crippen LogP contribution in [-0.2, 0) is 4.79 Å². The number of aromatic amines is 1. The number of ether oxygens (including phenoxy) is 1. The fraction of sp³-hybridized carbons (Fsp3) is 0.290. The molecule has 0 saturated carbocycles. The van der Waals surface area contributed by atoms with Crippen molar-refractivity contribution in [2.24, 2.45) is 0 Å². The molecular weight excluding hydrogens is 544 g/mol. The molecular formula is C31H33BrN2O4. The predicted molar refractivity (Wildman–Crippen MR) is 154 cm³/mol. The summed E-state index contributed by atoms with van der Waals surface area (Å²) in [6.07, 6.45) is 5.15. The van der Waals surface area contributed by atoms with Gasteiger partial charge in [-0.25, -0.2) is 0 Å². The molecule has 0 aliphatic rings. The van der Waals surface area contributed by atoms with Crippen molar-refractivity contribution in [2.45, 2.75) is 44.4 Å². The average molecular weight is 578 g/mol. The minimum atomic E-state index is -0.937. The molecule has 6 nitrogen and oxygen atoms in total. The van der Waals surface area contributed by atoms with E-state index in [1.54, 1.807) is 7.11 Å². The Morgan fingerprint density at radius 2 is 1.74 bits per heavy atom. The first kappa shape index (κ1) is 27.5. The number of amides is 1. The van der Waals surface area contributed by atoms with Gasteiger partial charge in [0.15, 0.2) is 0 Å². The maximum Gasteiger partial charge on any atom is 0.305 e. The van der Waals surface area contributed by atoms with Gasteiger partial charge >= 0.3 is 5.97 Å². The Labute approximate surface area is 231 Å². The second-order valence-electron chi connectivity index (χ2n) is 9.43. The van der Waals surface area contributed by atoms with E-state index in [0.717, 1.165) is 40.6 Å². The standard InChI is InChI=1S/C31H33BrN2O4/c1-3-4-6-24(20-9-11-22(12-10-20)31(37)33-18-17-28(35)36)29(21-13-15-23(38-2)16-14-21)26-19-34-30-25(26)7-5-8-27(30)32/h5,7-16,19,24,29,34H,3-4,6,17-18H2,1-2H3,(H,33,37)(H,35,36). The summed E-state index contributed by atoms with van der Waals surface area (Å²) in [7, 11) is 1.67.